The molecule has 1 heterocycles. The van der Waals surface area contributed by atoms with E-state index in [0.717, 1.165) is 42.8 Å². The van der Waals surface area contributed by atoms with E-state index in [2.05, 4.69) is 20.1 Å². The van der Waals surface area contributed by atoms with Crippen LogP contribution < -0.4 is 10.1 Å². The van der Waals surface area contributed by atoms with Crippen molar-refractivity contribution in [2.24, 2.45) is 0 Å². The SMILES string of the molecule is COC(=O)c1ccc(NC(=O)CSc2nnc(COc3ccc(Cl)c(C)c3)n2C2CCCCC2)cc1. The van der Waals surface area contributed by atoms with E-state index in [4.69, 9.17) is 21.1 Å². The van der Waals surface area contributed by atoms with Crippen LogP contribution in [0.25, 0.3) is 0 Å². The number of nitrogens with one attached hydrogen (secondary N) is 1. The molecule has 10 heteroatoms. The van der Waals surface area contributed by atoms with Gasteiger partial charge in [0.25, 0.3) is 0 Å². The minimum absolute atomic E-state index is 0.168. The molecule has 1 amide bonds. The van der Waals surface area contributed by atoms with Gasteiger partial charge in [-0.1, -0.05) is 42.6 Å². The van der Waals surface area contributed by atoms with Gasteiger partial charge in [0.15, 0.2) is 11.0 Å². The van der Waals surface area contributed by atoms with Crippen LogP contribution in [0, 0.1) is 6.92 Å². The number of rotatable bonds is 9. The lowest BCUT2D eigenvalue weighted by molar-refractivity contribution is -0.113. The Balaban J connectivity index is 1.42. The number of hydrogen-bond acceptors (Lipinski definition) is 7. The first-order valence-corrected chi connectivity index (χ1v) is 13.2. The number of aromatic nitrogens is 3. The van der Waals surface area contributed by atoms with Crippen LogP contribution in [0.1, 0.15) is 59.9 Å². The molecule has 8 nitrogen and oxygen atoms in total. The zero-order valence-electron chi connectivity index (χ0n) is 20.3. The van der Waals surface area contributed by atoms with Crippen molar-refractivity contribution >= 4 is 40.9 Å². The summed E-state index contributed by atoms with van der Waals surface area (Å²) in [6.07, 6.45) is 5.65. The topological polar surface area (TPSA) is 95.3 Å². The first-order valence-electron chi connectivity index (χ1n) is 11.9. The highest BCUT2D eigenvalue weighted by molar-refractivity contribution is 7.99. The van der Waals surface area contributed by atoms with Crippen molar-refractivity contribution in [3.05, 3.63) is 64.4 Å². The molecule has 1 N–H and O–H groups in total. The Morgan fingerprint density at radius 3 is 2.56 bits per heavy atom. The first kappa shape index (κ1) is 26.0. The van der Waals surface area contributed by atoms with Crippen molar-refractivity contribution in [2.45, 2.75) is 56.8 Å². The van der Waals surface area contributed by atoms with Gasteiger partial charge in [-0.05, 0) is 67.8 Å². The van der Waals surface area contributed by atoms with Crippen molar-refractivity contribution in [3.8, 4) is 5.75 Å². The highest BCUT2D eigenvalue weighted by atomic mass is 35.5. The van der Waals surface area contributed by atoms with E-state index in [1.807, 2.05) is 25.1 Å². The van der Waals surface area contributed by atoms with Gasteiger partial charge < -0.3 is 14.8 Å². The van der Waals surface area contributed by atoms with Gasteiger partial charge in [0.05, 0.1) is 18.4 Å². The summed E-state index contributed by atoms with van der Waals surface area (Å²) in [4.78, 5) is 24.2. The Labute approximate surface area is 219 Å². The summed E-state index contributed by atoms with van der Waals surface area (Å²) in [6.45, 7) is 2.22. The summed E-state index contributed by atoms with van der Waals surface area (Å²) in [6, 6.07) is 12.4. The number of anilines is 1. The maximum Gasteiger partial charge on any atom is 0.337 e. The normalized spacial score (nSPS) is 13.9. The molecule has 0 spiro atoms. The van der Waals surface area contributed by atoms with Crippen molar-refractivity contribution in [1.82, 2.24) is 14.8 Å². The van der Waals surface area contributed by atoms with Crippen LogP contribution in [0.2, 0.25) is 5.02 Å². The molecule has 1 fully saturated rings. The van der Waals surface area contributed by atoms with Crippen LogP contribution in [0.4, 0.5) is 5.69 Å². The molecule has 2 aromatic carbocycles. The molecule has 1 aromatic heterocycles. The summed E-state index contributed by atoms with van der Waals surface area (Å²) in [7, 11) is 1.33. The molecule has 0 saturated heterocycles. The van der Waals surface area contributed by atoms with E-state index >= 15 is 0 Å². The van der Waals surface area contributed by atoms with Gasteiger partial charge in [-0.25, -0.2) is 4.79 Å². The van der Waals surface area contributed by atoms with Crippen LogP contribution in [-0.2, 0) is 16.1 Å². The maximum atomic E-state index is 12.6. The predicted octanol–water partition coefficient (Wildman–Crippen LogP) is 5.84. The third-order valence-electron chi connectivity index (χ3n) is 6.09. The van der Waals surface area contributed by atoms with E-state index in [9.17, 15) is 9.59 Å². The van der Waals surface area contributed by atoms with Crippen LogP contribution >= 0.6 is 23.4 Å². The molecule has 0 radical (unpaired) electrons. The lowest BCUT2D eigenvalue weighted by Crippen LogP contribution is -2.19. The van der Waals surface area contributed by atoms with Crippen molar-refractivity contribution in [3.63, 3.8) is 0 Å². The number of esters is 1. The summed E-state index contributed by atoms with van der Waals surface area (Å²) in [5.41, 5.74) is 1.98. The number of halogens is 1. The minimum Gasteiger partial charge on any atom is -0.486 e. The number of carbonyl (C=O) groups is 2. The average molecular weight is 529 g/mol. The quantitative estimate of drug-likeness (QED) is 0.275. The van der Waals surface area contributed by atoms with E-state index in [-0.39, 0.29) is 24.3 Å². The Morgan fingerprint density at radius 2 is 1.86 bits per heavy atom. The largest absolute Gasteiger partial charge is 0.486 e. The number of ether oxygens (including phenoxy) is 2. The van der Waals surface area contributed by atoms with E-state index in [0.29, 0.717) is 21.4 Å². The van der Waals surface area contributed by atoms with E-state index in [1.165, 1.54) is 25.3 Å². The maximum absolute atomic E-state index is 12.6. The molecular formula is C26H29ClN4O4S. The Kier molecular flexibility index (Phi) is 8.88. The standard InChI is InChI=1S/C26H29ClN4O4S/c1-17-14-21(12-13-22(17)27)35-15-23-29-30-26(31(23)20-6-4-3-5-7-20)36-16-24(32)28-19-10-8-18(9-11-19)25(33)34-2/h8-14,20H,3-7,15-16H2,1-2H3,(H,28,32). The number of aryl methyl sites for hydroxylation is 1. The fourth-order valence-corrected chi connectivity index (χ4v) is 5.14. The number of amides is 1. The molecule has 4 rings (SSSR count). The van der Waals surface area contributed by atoms with Gasteiger partial charge in [0.1, 0.15) is 12.4 Å². The molecule has 0 unspecified atom stereocenters. The average Bonchev–Trinajstić information content (AvgIpc) is 3.31. The fraction of sp³-hybridized carbons (Fsp3) is 0.385. The number of thioether (sulfide) groups is 1. The monoisotopic (exact) mass is 528 g/mol. The second-order valence-electron chi connectivity index (χ2n) is 8.67. The van der Waals surface area contributed by atoms with Crippen LogP contribution in [-0.4, -0.2) is 39.5 Å². The van der Waals surface area contributed by atoms with Crippen molar-refractivity contribution in [1.29, 1.82) is 0 Å². The molecule has 1 aliphatic rings. The fourth-order valence-electron chi connectivity index (χ4n) is 4.20. The van der Waals surface area contributed by atoms with Crippen molar-refractivity contribution in [2.75, 3.05) is 18.2 Å². The second kappa shape index (κ2) is 12.3. The highest BCUT2D eigenvalue weighted by Crippen LogP contribution is 2.33. The van der Waals surface area contributed by atoms with Crippen LogP contribution in [0.3, 0.4) is 0 Å². The Bertz CT molecular complexity index is 1210. The molecule has 1 aliphatic carbocycles. The lowest BCUT2D eigenvalue weighted by Gasteiger charge is -2.25. The van der Waals surface area contributed by atoms with Gasteiger partial charge >= 0.3 is 5.97 Å². The van der Waals surface area contributed by atoms with Gasteiger partial charge in [0, 0.05) is 16.8 Å². The van der Waals surface area contributed by atoms with E-state index < -0.39 is 5.97 Å². The van der Waals surface area contributed by atoms with Gasteiger partial charge in [0.2, 0.25) is 5.91 Å². The highest BCUT2D eigenvalue weighted by Gasteiger charge is 2.24. The molecule has 36 heavy (non-hydrogen) atoms. The summed E-state index contributed by atoms with van der Waals surface area (Å²) >= 11 is 7.49. The molecule has 190 valence electrons. The molecule has 1 saturated carbocycles. The molecule has 3 aromatic rings. The number of nitrogens with zero attached hydrogens (tertiary/aromatic N) is 3. The zero-order valence-corrected chi connectivity index (χ0v) is 21.9. The van der Waals surface area contributed by atoms with E-state index in [1.54, 1.807) is 24.3 Å². The van der Waals surface area contributed by atoms with Crippen LogP contribution in [0.5, 0.6) is 5.75 Å². The third kappa shape index (κ3) is 6.59. The molecule has 0 aliphatic heterocycles. The molecular weight excluding hydrogens is 500 g/mol. The third-order valence-corrected chi connectivity index (χ3v) is 7.46. The van der Waals surface area contributed by atoms with Gasteiger partial charge in [-0.3, -0.25) is 9.36 Å². The molecule has 0 atom stereocenters. The Morgan fingerprint density at radius 1 is 1.11 bits per heavy atom. The smallest absolute Gasteiger partial charge is 0.337 e. The second-order valence-corrected chi connectivity index (χ2v) is 10.0. The van der Waals surface area contributed by atoms with Gasteiger partial charge in [-0.15, -0.1) is 10.2 Å². The summed E-state index contributed by atoms with van der Waals surface area (Å²) in [5.74, 6) is 1.06. The number of methoxy groups -OCH3 is 1. The number of hydrogen-bond donors (Lipinski definition) is 1. The van der Waals surface area contributed by atoms with Gasteiger partial charge in [-0.2, -0.15) is 0 Å². The first-order chi connectivity index (χ1) is 17.4. The number of benzene rings is 2. The van der Waals surface area contributed by atoms with Crippen molar-refractivity contribution < 1.29 is 19.1 Å². The summed E-state index contributed by atoms with van der Waals surface area (Å²) < 4.78 is 12.9. The number of carbonyl (C=O) groups excluding carboxylic acids is 2. The Hall–Kier alpha value is -3.04. The predicted molar refractivity (Wildman–Crippen MR) is 140 cm³/mol. The lowest BCUT2D eigenvalue weighted by atomic mass is 9.95. The minimum atomic E-state index is -0.420. The van der Waals surface area contributed by atoms with Crippen LogP contribution in [0.15, 0.2) is 47.6 Å². The zero-order chi connectivity index (χ0) is 25.5. The molecule has 0 bridgehead atoms. The summed E-state index contributed by atoms with van der Waals surface area (Å²) in [5, 5.41) is 13.1.